The number of aromatic nitrogens is 3. The largest absolute Gasteiger partial charge is 0.354 e. The first-order valence-electron chi connectivity index (χ1n) is 11.6. The quantitative estimate of drug-likeness (QED) is 0.392. The van der Waals surface area contributed by atoms with Gasteiger partial charge in [0.05, 0.1) is 0 Å². The Labute approximate surface area is 195 Å². The molecule has 1 heterocycles. The Hall–Kier alpha value is -2.35. The summed E-state index contributed by atoms with van der Waals surface area (Å²) in [6, 6.07) is 9.20. The number of amides is 2. The second kappa shape index (κ2) is 12.0. The number of hydrogen-bond donors (Lipinski definition) is 2. The molecule has 1 saturated carbocycles. The summed E-state index contributed by atoms with van der Waals surface area (Å²) in [5, 5.41) is 15.7. The Kier molecular flexibility index (Phi) is 9.14. The third-order valence-corrected chi connectivity index (χ3v) is 6.42. The van der Waals surface area contributed by atoms with E-state index in [1.807, 2.05) is 50.4 Å². The van der Waals surface area contributed by atoms with Crippen LogP contribution in [0.5, 0.6) is 0 Å². The van der Waals surface area contributed by atoms with Crippen molar-refractivity contribution < 1.29 is 9.59 Å². The fraction of sp³-hybridized carbons (Fsp3) is 0.583. The predicted molar refractivity (Wildman–Crippen MR) is 127 cm³/mol. The molecule has 1 atom stereocenters. The van der Waals surface area contributed by atoms with Gasteiger partial charge in [-0.3, -0.25) is 9.59 Å². The zero-order valence-electron chi connectivity index (χ0n) is 19.3. The number of aryl methyl sites for hydroxylation is 1. The van der Waals surface area contributed by atoms with Crippen LogP contribution in [0.1, 0.15) is 75.8 Å². The predicted octanol–water partition coefficient (Wildman–Crippen LogP) is 4.07. The molecular formula is C24H35N5O2S. The van der Waals surface area contributed by atoms with E-state index in [2.05, 4.69) is 25.4 Å². The molecule has 1 aliphatic rings. The fourth-order valence-corrected chi connectivity index (χ4v) is 4.82. The van der Waals surface area contributed by atoms with E-state index in [-0.39, 0.29) is 17.7 Å². The summed E-state index contributed by atoms with van der Waals surface area (Å²) in [7, 11) is 0. The lowest BCUT2D eigenvalue weighted by molar-refractivity contribution is -0.129. The highest BCUT2D eigenvalue weighted by Crippen LogP contribution is 2.33. The van der Waals surface area contributed by atoms with Gasteiger partial charge in [-0.2, -0.15) is 0 Å². The molecule has 0 saturated heterocycles. The number of carbonyl (C=O) groups excluding carboxylic acids is 2. The molecule has 1 aromatic carbocycles. The maximum Gasteiger partial charge on any atom is 0.247 e. The number of carbonyl (C=O) groups is 2. The molecule has 174 valence electrons. The number of hydrogen-bond acceptors (Lipinski definition) is 5. The SMILES string of the molecule is CSc1nnc(CCCNC(=O)C(NC(=O)CC(C)C)c2ccccc2)n1C1CCCC1. The molecule has 0 bridgehead atoms. The van der Waals surface area contributed by atoms with Gasteiger partial charge in [0, 0.05) is 25.4 Å². The zero-order valence-corrected chi connectivity index (χ0v) is 20.2. The minimum Gasteiger partial charge on any atom is -0.354 e. The molecule has 1 fully saturated rings. The summed E-state index contributed by atoms with van der Waals surface area (Å²) >= 11 is 1.64. The summed E-state index contributed by atoms with van der Waals surface area (Å²) in [6.45, 7) is 4.50. The standard InChI is InChI=1S/C24H35N5O2S/c1-17(2)16-21(30)26-22(18-10-5-4-6-11-18)23(31)25-15-9-14-20-27-28-24(32-3)29(20)19-12-7-8-13-19/h4-6,10-11,17,19,22H,7-9,12-16H2,1-3H3,(H,25,31)(H,26,30). The molecular weight excluding hydrogens is 422 g/mol. The van der Waals surface area contributed by atoms with Crippen LogP contribution >= 0.6 is 11.8 Å². The van der Waals surface area contributed by atoms with Crippen LogP contribution in [0, 0.1) is 5.92 Å². The van der Waals surface area contributed by atoms with Crippen LogP contribution in [0.3, 0.4) is 0 Å². The first-order valence-corrected chi connectivity index (χ1v) is 12.8. The number of nitrogens with zero attached hydrogens (tertiary/aromatic N) is 3. The van der Waals surface area contributed by atoms with Crippen molar-refractivity contribution in [2.75, 3.05) is 12.8 Å². The molecule has 32 heavy (non-hydrogen) atoms. The summed E-state index contributed by atoms with van der Waals surface area (Å²) < 4.78 is 2.30. The van der Waals surface area contributed by atoms with Crippen LogP contribution < -0.4 is 10.6 Å². The Bertz CT molecular complexity index is 878. The van der Waals surface area contributed by atoms with Crippen LogP contribution in [0.15, 0.2) is 35.5 Å². The maximum atomic E-state index is 12.9. The molecule has 1 aliphatic carbocycles. The number of thioether (sulfide) groups is 1. The maximum absolute atomic E-state index is 12.9. The molecule has 7 nitrogen and oxygen atoms in total. The smallest absolute Gasteiger partial charge is 0.247 e. The van der Waals surface area contributed by atoms with Gasteiger partial charge in [-0.1, -0.05) is 68.8 Å². The van der Waals surface area contributed by atoms with Crippen LogP contribution in [-0.2, 0) is 16.0 Å². The Morgan fingerprint density at radius 1 is 1.16 bits per heavy atom. The molecule has 2 N–H and O–H groups in total. The molecule has 8 heteroatoms. The van der Waals surface area contributed by atoms with Gasteiger partial charge >= 0.3 is 0 Å². The molecule has 2 aromatic rings. The highest BCUT2D eigenvalue weighted by molar-refractivity contribution is 7.98. The van der Waals surface area contributed by atoms with E-state index >= 15 is 0 Å². The highest BCUT2D eigenvalue weighted by Gasteiger charge is 2.24. The minimum absolute atomic E-state index is 0.113. The summed E-state index contributed by atoms with van der Waals surface area (Å²) in [6.07, 6.45) is 8.86. The molecule has 0 aliphatic heterocycles. The summed E-state index contributed by atoms with van der Waals surface area (Å²) in [4.78, 5) is 25.3. The van der Waals surface area contributed by atoms with Crippen molar-refractivity contribution >= 4 is 23.6 Å². The van der Waals surface area contributed by atoms with Crippen LogP contribution in [0.4, 0.5) is 0 Å². The molecule has 1 unspecified atom stereocenters. The topological polar surface area (TPSA) is 88.9 Å². The van der Waals surface area contributed by atoms with Crippen molar-refractivity contribution in [3.05, 3.63) is 41.7 Å². The van der Waals surface area contributed by atoms with E-state index in [0.717, 1.165) is 29.4 Å². The summed E-state index contributed by atoms with van der Waals surface area (Å²) in [5.41, 5.74) is 0.785. The summed E-state index contributed by atoms with van der Waals surface area (Å²) in [5.74, 6) is 0.937. The lowest BCUT2D eigenvalue weighted by atomic mass is 10.0. The zero-order chi connectivity index (χ0) is 22.9. The first kappa shape index (κ1) is 24.3. The third-order valence-electron chi connectivity index (χ3n) is 5.78. The van der Waals surface area contributed by atoms with Gasteiger partial charge in [-0.25, -0.2) is 0 Å². The van der Waals surface area contributed by atoms with Crippen LogP contribution in [0.25, 0.3) is 0 Å². The average Bonchev–Trinajstić information content (AvgIpc) is 3.44. The van der Waals surface area contributed by atoms with E-state index < -0.39 is 6.04 Å². The third kappa shape index (κ3) is 6.58. The van der Waals surface area contributed by atoms with Crippen molar-refractivity contribution in [3.63, 3.8) is 0 Å². The van der Waals surface area contributed by atoms with Crippen molar-refractivity contribution in [2.45, 2.75) is 76.0 Å². The second-order valence-electron chi connectivity index (χ2n) is 8.81. The van der Waals surface area contributed by atoms with E-state index in [4.69, 9.17) is 0 Å². The van der Waals surface area contributed by atoms with Crippen molar-refractivity contribution in [3.8, 4) is 0 Å². The number of nitrogens with one attached hydrogen (secondary N) is 2. The lowest BCUT2D eigenvalue weighted by Crippen LogP contribution is -2.41. The van der Waals surface area contributed by atoms with Crippen molar-refractivity contribution in [1.29, 1.82) is 0 Å². The Morgan fingerprint density at radius 3 is 2.53 bits per heavy atom. The van der Waals surface area contributed by atoms with Crippen molar-refractivity contribution in [1.82, 2.24) is 25.4 Å². The highest BCUT2D eigenvalue weighted by atomic mass is 32.2. The Balaban J connectivity index is 1.57. The van der Waals surface area contributed by atoms with E-state index in [1.54, 1.807) is 11.8 Å². The Morgan fingerprint density at radius 2 is 1.88 bits per heavy atom. The lowest BCUT2D eigenvalue weighted by Gasteiger charge is -2.20. The van der Waals surface area contributed by atoms with E-state index in [1.165, 1.54) is 25.7 Å². The second-order valence-corrected chi connectivity index (χ2v) is 9.59. The van der Waals surface area contributed by atoms with Gasteiger partial charge in [0.1, 0.15) is 11.9 Å². The first-order chi connectivity index (χ1) is 15.5. The van der Waals surface area contributed by atoms with Gasteiger partial charge in [-0.05, 0) is 37.0 Å². The van der Waals surface area contributed by atoms with E-state index in [0.29, 0.717) is 19.0 Å². The number of benzene rings is 1. The molecule has 3 rings (SSSR count). The normalized spacial score (nSPS) is 15.1. The van der Waals surface area contributed by atoms with Gasteiger partial charge in [0.15, 0.2) is 5.16 Å². The van der Waals surface area contributed by atoms with E-state index in [9.17, 15) is 9.59 Å². The van der Waals surface area contributed by atoms with Gasteiger partial charge < -0.3 is 15.2 Å². The average molecular weight is 458 g/mol. The van der Waals surface area contributed by atoms with Gasteiger partial charge in [0.25, 0.3) is 0 Å². The monoisotopic (exact) mass is 457 g/mol. The van der Waals surface area contributed by atoms with Crippen LogP contribution in [0.2, 0.25) is 0 Å². The molecule has 2 amide bonds. The molecule has 0 spiro atoms. The number of rotatable bonds is 11. The fourth-order valence-electron chi connectivity index (χ4n) is 4.24. The van der Waals surface area contributed by atoms with Gasteiger partial charge in [-0.15, -0.1) is 10.2 Å². The molecule has 0 radical (unpaired) electrons. The van der Waals surface area contributed by atoms with Crippen molar-refractivity contribution in [2.24, 2.45) is 5.92 Å². The van der Waals surface area contributed by atoms with Crippen LogP contribution in [-0.4, -0.2) is 39.4 Å². The minimum atomic E-state index is -0.687. The molecule has 1 aromatic heterocycles. The van der Waals surface area contributed by atoms with Gasteiger partial charge in [0.2, 0.25) is 11.8 Å².